The quantitative estimate of drug-likeness (QED) is 0.0986. The molecule has 0 saturated carbocycles. The van der Waals surface area contributed by atoms with Gasteiger partial charge in [0, 0.05) is 0 Å². The SMILES string of the molecule is [C-]#[N+]c1cc(C=CC=Cc2ccc(CCCCCC)cc2)c(C#N)cc1C=CC=Cc1ccc(CCCCCC)cc1. The number of nitrogens with zero attached hydrogens (tertiary/aromatic N) is 2. The first-order chi connectivity index (χ1) is 20.7. The Labute approximate surface area is 254 Å². The molecule has 3 aromatic rings. The molecule has 0 spiro atoms. The third-order valence-corrected chi connectivity index (χ3v) is 7.39. The van der Waals surface area contributed by atoms with Crippen LogP contribution in [0.25, 0.3) is 29.1 Å². The fourth-order valence-corrected chi connectivity index (χ4v) is 4.84. The number of allylic oxidation sites excluding steroid dienone is 4. The van der Waals surface area contributed by atoms with Crippen molar-refractivity contribution in [1.82, 2.24) is 0 Å². The van der Waals surface area contributed by atoms with Crippen molar-refractivity contribution in [3.05, 3.63) is 135 Å². The van der Waals surface area contributed by atoms with Crippen molar-refractivity contribution in [2.75, 3.05) is 0 Å². The van der Waals surface area contributed by atoms with E-state index in [1.165, 1.54) is 62.5 Å². The van der Waals surface area contributed by atoms with Gasteiger partial charge in [-0.3, -0.25) is 0 Å². The summed E-state index contributed by atoms with van der Waals surface area (Å²) in [5, 5.41) is 9.76. The third-order valence-electron chi connectivity index (χ3n) is 7.39. The summed E-state index contributed by atoms with van der Waals surface area (Å²) in [7, 11) is 0. The minimum absolute atomic E-state index is 0.532. The van der Waals surface area contributed by atoms with Crippen LogP contribution in [-0.4, -0.2) is 0 Å². The fraction of sp³-hybridized carbons (Fsp3) is 0.300. The molecule has 0 amide bonds. The number of hydrogen-bond acceptors (Lipinski definition) is 1. The number of rotatable bonds is 16. The molecule has 0 saturated heterocycles. The fourth-order valence-electron chi connectivity index (χ4n) is 4.84. The summed E-state index contributed by atoms with van der Waals surface area (Å²) in [6.07, 6.45) is 28.2. The summed E-state index contributed by atoms with van der Waals surface area (Å²) >= 11 is 0. The van der Waals surface area contributed by atoms with Crippen LogP contribution in [0.4, 0.5) is 5.69 Å². The van der Waals surface area contributed by atoms with E-state index in [0.29, 0.717) is 11.3 Å². The molecule has 0 N–H and O–H groups in total. The van der Waals surface area contributed by atoms with E-state index in [0.717, 1.165) is 35.1 Å². The van der Waals surface area contributed by atoms with Gasteiger partial charge in [0.2, 0.25) is 0 Å². The van der Waals surface area contributed by atoms with Gasteiger partial charge < -0.3 is 0 Å². The monoisotopic (exact) mass is 552 g/mol. The highest BCUT2D eigenvalue weighted by Gasteiger charge is 2.06. The van der Waals surface area contributed by atoms with Crippen LogP contribution in [0.3, 0.4) is 0 Å². The van der Waals surface area contributed by atoms with Crippen LogP contribution in [0.1, 0.15) is 104 Å². The second kappa shape index (κ2) is 18.9. The molecule has 42 heavy (non-hydrogen) atoms. The molecular formula is C40H44N2. The zero-order chi connectivity index (χ0) is 29.8. The first-order valence-electron chi connectivity index (χ1n) is 15.5. The van der Waals surface area contributed by atoms with Gasteiger partial charge in [-0.25, -0.2) is 4.85 Å². The maximum Gasteiger partial charge on any atom is 0.194 e. The molecule has 3 aromatic carbocycles. The van der Waals surface area contributed by atoms with E-state index < -0.39 is 0 Å². The Morgan fingerprint density at radius 2 is 1.10 bits per heavy atom. The van der Waals surface area contributed by atoms with E-state index in [2.05, 4.69) is 85.4 Å². The van der Waals surface area contributed by atoms with Gasteiger partial charge in [0.1, 0.15) is 0 Å². The predicted molar refractivity (Wildman–Crippen MR) is 182 cm³/mol. The number of nitriles is 1. The van der Waals surface area contributed by atoms with Gasteiger partial charge in [-0.2, -0.15) is 5.26 Å². The van der Waals surface area contributed by atoms with E-state index in [1.807, 2.05) is 36.5 Å². The van der Waals surface area contributed by atoms with Gasteiger partial charge in [0.05, 0.1) is 18.2 Å². The lowest BCUT2D eigenvalue weighted by molar-refractivity contribution is 0.667. The normalized spacial score (nSPS) is 11.6. The van der Waals surface area contributed by atoms with Gasteiger partial charge >= 0.3 is 0 Å². The molecule has 0 radical (unpaired) electrons. The minimum atomic E-state index is 0.532. The van der Waals surface area contributed by atoms with E-state index in [4.69, 9.17) is 6.57 Å². The Morgan fingerprint density at radius 1 is 0.619 bits per heavy atom. The Hall–Kier alpha value is -4.40. The molecule has 0 aromatic heterocycles. The van der Waals surface area contributed by atoms with Crippen LogP contribution in [0.15, 0.2) is 85.0 Å². The van der Waals surface area contributed by atoms with Crippen LogP contribution in [0.5, 0.6) is 0 Å². The maximum atomic E-state index is 9.76. The van der Waals surface area contributed by atoms with Crippen LogP contribution >= 0.6 is 0 Å². The Morgan fingerprint density at radius 3 is 1.55 bits per heavy atom. The van der Waals surface area contributed by atoms with E-state index in [1.54, 1.807) is 12.1 Å². The first kappa shape index (κ1) is 32.1. The van der Waals surface area contributed by atoms with Crippen molar-refractivity contribution in [2.24, 2.45) is 0 Å². The molecule has 214 valence electrons. The van der Waals surface area contributed by atoms with Crippen molar-refractivity contribution in [3.63, 3.8) is 0 Å². The number of unbranched alkanes of at least 4 members (excludes halogenated alkanes) is 6. The van der Waals surface area contributed by atoms with Crippen LogP contribution in [0.2, 0.25) is 0 Å². The molecule has 3 rings (SSSR count). The lowest BCUT2D eigenvalue weighted by Gasteiger charge is -2.04. The molecule has 0 heterocycles. The summed E-state index contributed by atoms with van der Waals surface area (Å²) < 4.78 is 0. The number of aryl methyl sites for hydroxylation is 2. The van der Waals surface area contributed by atoms with Gasteiger partial charge in [-0.15, -0.1) is 0 Å². The van der Waals surface area contributed by atoms with Crippen LogP contribution in [-0.2, 0) is 12.8 Å². The predicted octanol–water partition coefficient (Wildman–Crippen LogP) is 11.8. The van der Waals surface area contributed by atoms with Crippen molar-refractivity contribution in [3.8, 4) is 6.07 Å². The standard InChI is InChI=1S/C40H44N2/c1-4-6-8-10-16-33-22-26-35(27-23-33)18-12-14-20-37-31-40(42-3)38(30-39(37)32-41)21-15-13-19-36-28-24-34(25-29-36)17-11-9-7-5-2/h12-15,18-31H,4-11,16-17H2,1-2H3. The molecule has 2 nitrogen and oxygen atoms in total. The van der Waals surface area contributed by atoms with Crippen molar-refractivity contribution >= 4 is 30.0 Å². The summed E-state index contributed by atoms with van der Waals surface area (Å²) in [6.45, 7) is 12.2. The average Bonchev–Trinajstić information content (AvgIpc) is 3.03. The highest BCUT2D eigenvalue weighted by Crippen LogP contribution is 2.27. The van der Waals surface area contributed by atoms with Crippen molar-refractivity contribution in [2.45, 2.75) is 78.1 Å². The Balaban J connectivity index is 1.59. The smallest absolute Gasteiger partial charge is 0.194 e. The van der Waals surface area contributed by atoms with Gasteiger partial charge in [0.15, 0.2) is 5.69 Å². The minimum Gasteiger partial charge on any atom is -0.238 e. The molecule has 0 bridgehead atoms. The lowest BCUT2D eigenvalue weighted by Crippen LogP contribution is -1.86. The second-order valence-electron chi connectivity index (χ2n) is 10.8. The summed E-state index contributed by atoms with van der Waals surface area (Å²) in [5.41, 5.74) is 7.64. The molecular weight excluding hydrogens is 508 g/mol. The second-order valence-corrected chi connectivity index (χ2v) is 10.8. The zero-order valence-electron chi connectivity index (χ0n) is 25.4. The zero-order valence-corrected chi connectivity index (χ0v) is 25.4. The highest BCUT2D eigenvalue weighted by atomic mass is 14.6. The molecule has 0 aliphatic carbocycles. The third kappa shape index (κ3) is 11.2. The van der Waals surface area contributed by atoms with E-state index in [9.17, 15) is 5.26 Å². The van der Waals surface area contributed by atoms with E-state index >= 15 is 0 Å². The molecule has 0 aliphatic rings. The average molecular weight is 553 g/mol. The van der Waals surface area contributed by atoms with Gasteiger partial charge in [0.25, 0.3) is 0 Å². The Kier molecular flexibility index (Phi) is 14.4. The van der Waals surface area contributed by atoms with Gasteiger partial charge in [-0.05, 0) is 71.2 Å². The number of hydrogen-bond donors (Lipinski definition) is 0. The Bertz CT molecular complexity index is 1320. The van der Waals surface area contributed by atoms with Gasteiger partial charge in [-0.1, -0.05) is 150 Å². The van der Waals surface area contributed by atoms with Crippen molar-refractivity contribution < 1.29 is 0 Å². The molecule has 0 aliphatic heterocycles. The van der Waals surface area contributed by atoms with Crippen LogP contribution < -0.4 is 0 Å². The highest BCUT2D eigenvalue weighted by molar-refractivity contribution is 5.76. The maximum absolute atomic E-state index is 9.76. The number of benzene rings is 3. The summed E-state index contributed by atoms with van der Waals surface area (Å²) in [4.78, 5) is 3.72. The molecule has 0 unspecified atom stereocenters. The van der Waals surface area contributed by atoms with E-state index in [-0.39, 0.29) is 0 Å². The lowest BCUT2D eigenvalue weighted by atomic mass is 10.0. The summed E-state index contributed by atoms with van der Waals surface area (Å²) in [6, 6.07) is 23.3. The first-order valence-corrected chi connectivity index (χ1v) is 15.5. The topological polar surface area (TPSA) is 28.1 Å². The largest absolute Gasteiger partial charge is 0.238 e. The van der Waals surface area contributed by atoms with Crippen LogP contribution in [0, 0.1) is 17.9 Å². The molecule has 0 fully saturated rings. The summed E-state index contributed by atoms with van der Waals surface area (Å²) in [5.74, 6) is 0. The van der Waals surface area contributed by atoms with Crippen molar-refractivity contribution in [1.29, 1.82) is 5.26 Å². The molecule has 0 atom stereocenters. The molecule has 2 heteroatoms.